The Labute approximate surface area is 185 Å². The van der Waals surface area contributed by atoms with Gasteiger partial charge >= 0.3 is 5.97 Å². The van der Waals surface area contributed by atoms with Crippen molar-refractivity contribution >= 4 is 29.0 Å². The van der Waals surface area contributed by atoms with Gasteiger partial charge in [-0.2, -0.15) is 0 Å². The van der Waals surface area contributed by atoms with Crippen LogP contribution in [0.5, 0.6) is 0 Å². The average Bonchev–Trinajstić information content (AvgIpc) is 3.30. The van der Waals surface area contributed by atoms with Crippen LogP contribution in [0.1, 0.15) is 24.1 Å². The highest BCUT2D eigenvalue weighted by atomic mass is 32.1. The zero-order chi connectivity index (χ0) is 22.1. The Morgan fingerprint density at radius 2 is 1.87 bits per heavy atom. The van der Waals surface area contributed by atoms with Crippen molar-refractivity contribution < 1.29 is 13.9 Å². The third-order valence-corrected chi connectivity index (χ3v) is 5.63. The molecule has 0 bridgehead atoms. The lowest BCUT2D eigenvalue weighted by molar-refractivity contribution is -0.136. The van der Waals surface area contributed by atoms with Gasteiger partial charge in [0.05, 0.1) is 30.7 Å². The molecule has 0 spiro atoms. The first-order valence-electron chi connectivity index (χ1n) is 9.65. The van der Waals surface area contributed by atoms with E-state index in [4.69, 9.17) is 17.0 Å². The summed E-state index contributed by atoms with van der Waals surface area (Å²) in [6, 6.07) is 12.1. The summed E-state index contributed by atoms with van der Waals surface area (Å²) in [6.45, 7) is 3.47. The van der Waals surface area contributed by atoms with Gasteiger partial charge in [0.15, 0.2) is 5.11 Å². The van der Waals surface area contributed by atoms with Crippen LogP contribution in [0.2, 0.25) is 0 Å². The molecule has 6 nitrogen and oxygen atoms in total. The molecule has 0 fully saturated rings. The number of aryl methyl sites for hydroxylation is 1. The maximum absolute atomic E-state index is 14.2. The molecule has 1 N–H and O–H groups in total. The standard InChI is InChI=1S/C23H21FN4O2S/c1-14-4-7-18(12-19(14)24)28-15(2)20(22(29)30-3)21(26-23(28)31)16-5-8-17(9-6-16)27-11-10-25-13-27/h4-13,21H,1-3H3,(H,26,31). The average molecular weight is 437 g/mol. The lowest BCUT2D eigenvalue weighted by Crippen LogP contribution is -2.48. The van der Waals surface area contributed by atoms with Gasteiger partial charge in [-0.3, -0.25) is 4.90 Å². The monoisotopic (exact) mass is 436 g/mol. The van der Waals surface area contributed by atoms with E-state index in [0.717, 1.165) is 11.3 Å². The van der Waals surface area contributed by atoms with Crippen LogP contribution in [0.3, 0.4) is 0 Å². The van der Waals surface area contributed by atoms with Gasteiger partial charge in [-0.05, 0) is 61.5 Å². The topological polar surface area (TPSA) is 59.4 Å². The largest absolute Gasteiger partial charge is 0.466 e. The Kier molecular flexibility index (Phi) is 5.56. The highest BCUT2D eigenvalue weighted by molar-refractivity contribution is 7.80. The van der Waals surface area contributed by atoms with Crippen molar-refractivity contribution in [3.63, 3.8) is 0 Å². The van der Waals surface area contributed by atoms with Gasteiger partial charge in [0.1, 0.15) is 5.82 Å². The van der Waals surface area contributed by atoms with Gasteiger partial charge in [-0.1, -0.05) is 18.2 Å². The molecule has 2 aromatic carbocycles. The molecule has 1 aliphatic heterocycles. The first kappa shape index (κ1) is 20.7. The van der Waals surface area contributed by atoms with Crippen LogP contribution in [-0.4, -0.2) is 27.7 Å². The molecule has 4 rings (SSSR count). The summed E-state index contributed by atoms with van der Waals surface area (Å²) in [5, 5.41) is 3.59. The first-order chi connectivity index (χ1) is 14.9. The number of hydrogen-bond acceptors (Lipinski definition) is 4. The lowest BCUT2D eigenvalue weighted by atomic mass is 9.94. The van der Waals surface area contributed by atoms with Gasteiger partial charge in [-0.15, -0.1) is 0 Å². The number of hydrogen-bond donors (Lipinski definition) is 1. The number of aromatic nitrogens is 2. The molecule has 0 saturated carbocycles. The van der Waals surface area contributed by atoms with Crippen LogP contribution in [0.4, 0.5) is 10.1 Å². The van der Waals surface area contributed by atoms with E-state index in [-0.39, 0.29) is 5.82 Å². The fourth-order valence-corrected chi connectivity index (χ4v) is 4.01. The lowest BCUT2D eigenvalue weighted by Gasteiger charge is -2.37. The number of rotatable bonds is 4. The van der Waals surface area contributed by atoms with Crippen molar-refractivity contribution in [2.75, 3.05) is 12.0 Å². The van der Waals surface area contributed by atoms with Crippen LogP contribution in [-0.2, 0) is 9.53 Å². The summed E-state index contributed by atoms with van der Waals surface area (Å²) >= 11 is 5.60. The Morgan fingerprint density at radius 3 is 2.48 bits per heavy atom. The van der Waals surface area contributed by atoms with Crippen molar-refractivity contribution in [2.24, 2.45) is 0 Å². The highest BCUT2D eigenvalue weighted by Gasteiger charge is 2.35. The summed E-state index contributed by atoms with van der Waals surface area (Å²) in [5.41, 5.74) is 3.85. The van der Waals surface area contributed by atoms with E-state index < -0.39 is 12.0 Å². The molecular weight excluding hydrogens is 415 g/mol. The summed E-state index contributed by atoms with van der Waals surface area (Å²) < 4.78 is 21.2. The molecule has 0 amide bonds. The Morgan fingerprint density at radius 1 is 1.16 bits per heavy atom. The molecule has 2 heterocycles. The minimum absolute atomic E-state index is 0.343. The van der Waals surface area contributed by atoms with E-state index >= 15 is 0 Å². The SMILES string of the molecule is COC(=O)C1=C(C)N(c2ccc(C)c(F)c2)C(=S)NC1c1ccc(-n2ccnc2)cc1. The van der Waals surface area contributed by atoms with Crippen LogP contribution in [0.25, 0.3) is 5.69 Å². The molecule has 1 aromatic heterocycles. The molecule has 1 atom stereocenters. The molecule has 0 radical (unpaired) electrons. The normalized spacial score (nSPS) is 16.3. The number of nitrogens with one attached hydrogen (secondary N) is 1. The smallest absolute Gasteiger partial charge is 0.337 e. The fourth-order valence-electron chi connectivity index (χ4n) is 3.65. The summed E-state index contributed by atoms with van der Waals surface area (Å²) in [6.07, 6.45) is 5.27. The predicted molar refractivity (Wildman–Crippen MR) is 120 cm³/mol. The Balaban J connectivity index is 1.77. The van der Waals surface area contributed by atoms with Crippen molar-refractivity contribution in [3.8, 4) is 5.69 Å². The van der Waals surface area contributed by atoms with Gasteiger partial charge in [0.2, 0.25) is 0 Å². The number of benzene rings is 2. The summed E-state index contributed by atoms with van der Waals surface area (Å²) in [7, 11) is 1.34. The van der Waals surface area contributed by atoms with E-state index in [0.29, 0.717) is 27.6 Å². The number of carbonyl (C=O) groups is 1. The Bertz CT molecular complexity index is 1170. The minimum Gasteiger partial charge on any atom is -0.466 e. The number of carbonyl (C=O) groups excluding carboxylic acids is 1. The van der Waals surface area contributed by atoms with Gasteiger partial charge < -0.3 is 14.6 Å². The molecule has 158 valence electrons. The van der Waals surface area contributed by atoms with E-state index in [9.17, 15) is 9.18 Å². The number of esters is 1. The number of halogens is 1. The van der Waals surface area contributed by atoms with E-state index in [1.807, 2.05) is 35.0 Å². The van der Waals surface area contributed by atoms with Gasteiger partial charge in [-0.25, -0.2) is 14.2 Å². The molecule has 31 heavy (non-hydrogen) atoms. The van der Waals surface area contributed by atoms with Crippen LogP contribution in [0.15, 0.2) is 72.5 Å². The van der Waals surface area contributed by atoms with Crippen molar-refractivity contribution in [1.29, 1.82) is 0 Å². The summed E-state index contributed by atoms with van der Waals surface area (Å²) in [4.78, 5) is 18.5. The quantitative estimate of drug-likeness (QED) is 0.489. The first-order valence-corrected chi connectivity index (χ1v) is 10.1. The molecular formula is C23H21FN4O2S. The Hall–Kier alpha value is -3.52. The van der Waals surface area contributed by atoms with E-state index in [2.05, 4.69) is 10.3 Å². The molecule has 3 aromatic rings. The number of ether oxygens (including phenoxy) is 1. The van der Waals surface area contributed by atoms with Crippen molar-refractivity contribution in [1.82, 2.24) is 14.9 Å². The third-order valence-electron chi connectivity index (χ3n) is 5.33. The number of thiocarbonyl (C=S) groups is 1. The molecule has 0 aliphatic carbocycles. The molecule has 8 heteroatoms. The number of nitrogens with zero attached hydrogens (tertiary/aromatic N) is 3. The number of imidazole rings is 1. The van der Waals surface area contributed by atoms with Gasteiger partial charge in [0.25, 0.3) is 0 Å². The molecule has 1 unspecified atom stereocenters. The second-order valence-electron chi connectivity index (χ2n) is 7.20. The number of allylic oxidation sites excluding steroid dienone is 1. The highest BCUT2D eigenvalue weighted by Crippen LogP contribution is 2.34. The zero-order valence-electron chi connectivity index (χ0n) is 17.3. The maximum atomic E-state index is 14.2. The van der Waals surface area contributed by atoms with Crippen LogP contribution in [0, 0.1) is 12.7 Å². The predicted octanol–water partition coefficient (Wildman–Crippen LogP) is 4.20. The van der Waals surface area contributed by atoms with Crippen molar-refractivity contribution in [3.05, 3.63) is 89.4 Å². The fraction of sp³-hybridized carbons (Fsp3) is 0.174. The second kappa shape index (κ2) is 8.31. The minimum atomic E-state index is -0.497. The second-order valence-corrected chi connectivity index (χ2v) is 7.59. The van der Waals surface area contributed by atoms with Crippen LogP contribution >= 0.6 is 12.2 Å². The third kappa shape index (κ3) is 3.82. The summed E-state index contributed by atoms with van der Waals surface area (Å²) in [5.74, 6) is -0.821. The molecule has 0 saturated heterocycles. The van der Waals surface area contributed by atoms with Crippen LogP contribution < -0.4 is 10.2 Å². The number of anilines is 1. The molecule has 1 aliphatic rings. The van der Waals surface area contributed by atoms with E-state index in [1.54, 1.807) is 43.4 Å². The van der Waals surface area contributed by atoms with Gasteiger partial charge in [0, 0.05) is 23.8 Å². The maximum Gasteiger partial charge on any atom is 0.337 e. The number of methoxy groups -OCH3 is 1. The zero-order valence-corrected chi connectivity index (χ0v) is 18.1. The van der Waals surface area contributed by atoms with Crippen molar-refractivity contribution in [2.45, 2.75) is 19.9 Å². The van der Waals surface area contributed by atoms with E-state index in [1.165, 1.54) is 13.2 Å².